The Labute approximate surface area is 116 Å². The van der Waals surface area contributed by atoms with E-state index in [1.54, 1.807) is 24.4 Å². The minimum absolute atomic E-state index is 0.334. The summed E-state index contributed by atoms with van der Waals surface area (Å²) in [6, 6.07) is 5.50. The van der Waals surface area contributed by atoms with Crippen LogP contribution in [0.2, 0.25) is 0 Å². The van der Waals surface area contributed by atoms with Crippen molar-refractivity contribution in [2.24, 2.45) is 5.73 Å². The monoisotopic (exact) mass is 272 g/mol. The van der Waals surface area contributed by atoms with Crippen LogP contribution in [0.15, 0.2) is 24.4 Å². The van der Waals surface area contributed by atoms with Crippen molar-refractivity contribution in [1.29, 1.82) is 0 Å². The van der Waals surface area contributed by atoms with Gasteiger partial charge in [-0.05, 0) is 25.0 Å². The minimum atomic E-state index is -0.454. The highest BCUT2D eigenvalue weighted by molar-refractivity contribution is 5.96. The Balaban J connectivity index is 1.86. The average Bonchev–Trinajstić information content (AvgIpc) is 2.47. The predicted molar refractivity (Wildman–Crippen MR) is 75.5 cm³/mol. The third-order valence-electron chi connectivity index (χ3n) is 3.42. The van der Waals surface area contributed by atoms with Gasteiger partial charge >= 0.3 is 0 Å². The topological polar surface area (TPSA) is 90.1 Å². The van der Waals surface area contributed by atoms with E-state index in [0.29, 0.717) is 23.1 Å². The molecule has 0 saturated carbocycles. The molecule has 1 amide bonds. The Bertz CT molecular complexity index is 638. The van der Waals surface area contributed by atoms with E-state index in [1.165, 1.54) is 0 Å². The van der Waals surface area contributed by atoms with Crippen LogP contribution in [0.5, 0.6) is 0 Å². The molecular weight excluding hydrogens is 256 g/mol. The zero-order valence-electron chi connectivity index (χ0n) is 11.0. The number of rotatable bonds is 3. The fourth-order valence-electron chi connectivity index (χ4n) is 2.27. The van der Waals surface area contributed by atoms with Crippen LogP contribution in [0.25, 0.3) is 10.9 Å². The number of anilines is 1. The number of hydrogen-bond donors (Lipinski definition) is 2. The molecule has 20 heavy (non-hydrogen) atoms. The highest BCUT2D eigenvalue weighted by Gasteiger charge is 2.14. The number of nitrogens with one attached hydrogen (secondary N) is 1. The highest BCUT2D eigenvalue weighted by atomic mass is 16.5. The zero-order chi connectivity index (χ0) is 13.9. The summed E-state index contributed by atoms with van der Waals surface area (Å²) in [7, 11) is 0. The second-order valence-corrected chi connectivity index (χ2v) is 4.86. The summed E-state index contributed by atoms with van der Waals surface area (Å²) in [6.07, 6.45) is 3.64. The third kappa shape index (κ3) is 2.70. The number of carbonyl (C=O) groups excluding carboxylic acids is 1. The van der Waals surface area contributed by atoms with Crippen molar-refractivity contribution in [3.63, 3.8) is 0 Å². The number of nitrogens with zero attached hydrogens (tertiary/aromatic N) is 2. The second kappa shape index (κ2) is 5.42. The summed E-state index contributed by atoms with van der Waals surface area (Å²) < 4.78 is 5.32. The number of ether oxygens (including phenoxy) is 1. The summed E-state index contributed by atoms with van der Waals surface area (Å²) in [5.74, 6) is 0.121. The van der Waals surface area contributed by atoms with Gasteiger partial charge in [-0.25, -0.2) is 9.97 Å². The summed E-state index contributed by atoms with van der Waals surface area (Å²) in [4.78, 5) is 19.9. The number of carbonyl (C=O) groups is 1. The molecule has 1 aromatic carbocycles. The lowest BCUT2D eigenvalue weighted by Crippen LogP contribution is -2.28. The van der Waals surface area contributed by atoms with Crippen molar-refractivity contribution in [1.82, 2.24) is 9.97 Å². The summed E-state index contributed by atoms with van der Waals surface area (Å²) in [6.45, 7) is 1.52. The van der Waals surface area contributed by atoms with Crippen LogP contribution in [-0.4, -0.2) is 35.1 Å². The first-order valence-electron chi connectivity index (χ1n) is 6.63. The molecule has 3 N–H and O–H groups in total. The van der Waals surface area contributed by atoms with E-state index in [9.17, 15) is 4.79 Å². The summed E-state index contributed by atoms with van der Waals surface area (Å²) in [5, 5.41) is 4.19. The molecule has 6 heteroatoms. The molecule has 0 bridgehead atoms. The Kier molecular flexibility index (Phi) is 3.47. The van der Waals surface area contributed by atoms with Gasteiger partial charge in [0.25, 0.3) is 0 Å². The normalized spacial score (nSPS) is 16.2. The van der Waals surface area contributed by atoms with Gasteiger partial charge in [-0.1, -0.05) is 6.07 Å². The van der Waals surface area contributed by atoms with Crippen molar-refractivity contribution in [2.75, 3.05) is 18.5 Å². The van der Waals surface area contributed by atoms with Gasteiger partial charge in [-0.2, -0.15) is 0 Å². The smallest absolute Gasteiger partial charge is 0.248 e. The van der Waals surface area contributed by atoms with Crippen molar-refractivity contribution in [2.45, 2.75) is 18.9 Å². The molecule has 2 aromatic rings. The molecule has 3 rings (SSSR count). The van der Waals surface area contributed by atoms with E-state index in [4.69, 9.17) is 10.5 Å². The zero-order valence-corrected chi connectivity index (χ0v) is 11.0. The molecule has 0 atom stereocenters. The number of nitrogens with two attached hydrogens (primary N) is 1. The summed E-state index contributed by atoms with van der Waals surface area (Å²) >= 11 is 0. The van der Waals surface area contributed by atoms with E-state index in [2.05, 4.69) is 15.3 Å². The van der Waals surface area contributed by atoms with Gasteiger partial charge in [-0.15, -0.1) is 0 Å². The van der Waals surface area contributed by atoms with Crippen molar-refractivity contribution >= 4 is 22.8 Å². The lowest BCUT2D eigenvalue weighted by Gasteiger charge is -2.23. The number of fused-ring (bicyclic) bond motifs is 1. The first-order valence-corrected chi connectivity index (χ1v) is 6.63. The minimum Gasteiger partial charge on any atom is -0.381 e. The molecule has 0 radical (unpaired) electrons. The standard InChI is InChI=1S/C14H16N4O2/c15-13(19)9-1-2-10-8-16-14(18-12(10)7-9)17-11-3-5-20-6-4-11/h1-2,7-8,11H,3-6H2,(H2,15,19)(H,16,17,18). The SMILES string of the molecule is NC(=O)c1ccc2cnc(NC3CCOCC3)nc2c1. The van der Waals surface area contributed by atoms with Crippen molar-refractivity contribution in [3.05, 3.63) is 30.0 Å². The lowest BCUT2D eigenvalue weighted by atomic mass is 10.1. The van der Waals surface area contributed by atoms with Gasteiger partial charge in [0.15, 0.2) is 0 Å². The Morgan fingerprint density at radius 3 is 2.90 bits per heavy atom. The van der Waals surface area contributed by atoms with Crippen LogP contribution < -0.4 is 11.1 Å². The van der Waals surface area contributed by atoms with Crippen LogP contribution in [0.4, 0.5) is 5.95 Å². The molecule has 6 nitrogen and oxygen atoms in total. The molecule has 1 aliphatic rings. The van der Waals surface area contributed by atoms with Gasteiger partial charge in [0.1, 0.15) is 0 Å². The van der Waals surface area contributed by atoms with Crippen molar-refractivity contribution in [3.8, 4) is 0 Å². The average molecular weight is 272 g/mol. The molecule has 1 aromatic heterocycles. The van der Waals surface area contributed by atoms with E-state index in [0.717, 1.165) is 31.4 Å². The highest BCUT2D eigenvalue weighted by Crippen LogP contribution is 2.17. The second-order valence-electron chi connectivity index (χ2n) is 4.86. The van der Waals surface area contributed by atoms with E-state index in [-0.39, 0.29) is 0 Å². The van der Waals surface area contributed by atoms with Crippen LogP contribution >= 0.6 is 0 Å². The van der Waals surface area contributed by atoms with Gasteiger partial charge in [0, 0.05) is 36.4 Å². The van der Waals surface area contributed by atoms with Gasteiger partial charge in [-0.3, -0.25) is 4.79 Å². The molecule has 2 heterocycles. The van der Waals surface area contributed by atoms with E-state index >= 15 is 0 Å². The van der Waals surface area contributed by atoms with E-state index in [1.807, 2.05) is 0 Å². The molecule has 0 aliphatic carbocycles. The maximum Gasteiger partial charge on any atom is 0.248 e. The summed E-state index contributed by atoms with van der Waals surface area (Å²) in [5.41, 5.74) is 6.45. The third-order valence-corrected chi connectivity index (χ3v) is 3.42. The maximum atomic E-state index is 11.2. The number of primary amides is 1. The van der Waals surface area contributed by atoms with Crippen molar-refractivity contribution < 1.29 is 9.53 Å². The molecule has 0 spiro atoms. The number of amides is 1. The molecule has 1 aliphatic heterocycles. The Morgan fingerprint density at radius 2 is 2.15 bits per heavy atom. The Hall–Kier alpha value is -2.21. The van der Waals surface area contributed by atoms with Crippen LogP contribution in [0.3, 0.4) is 0 Å². The fourth-order valence-corrected chi connectivity index (χ4v) is 2.27. The number of benzene rings is 1. The largest absolute Gasteiger partial charge is 0.381 e. The molecule has 104 valence electrons. The quantitative estimate of drug-likeness (QED) is 0.879. The molecule has 1 fully saturated rings. The van der Waals surface area contributed by atoms with Gasteiger partial charge < -0.3 is 15.8 Å². The maximum absolute atomic E-state index is 11.2. The lowest BCUT2D eigenvalue weighted by molar-refractivity contribution is 0.0903. The van der Waals surface area contributed by atoms with Crippen LogP contribution in [0.1, 0.15) is 23.2 Å². The first-order chi connectivity index (χ1) is 9.72. The first kappa shape index (κ1) is 12.8. The molecular formula is C14H16N4O2. The fraction of sp³-hybridized carbons (Fsp3) is 0.357. The van der Waals surface area contributed by atoms with Gasteiger partial charge in [0.05, 0.1) is 5.52 Å². The number of hydrogen-bond acceptors (Lipinski definition) is 5. The van der Waals surface area contributed by atoms with Crippen LogP contribution in [-0.2, 0) is 4.74 Å². The molecule has 0 unspecified atom stereocenters. The number of aromatic nitrogens is 2. The van der Waals surface area contributed by atoms with Gasteiger partial charge in [0.2, 0.25) is 11.9 Å². The van der Waals surface area contributed by atoms with Crippen LogP contribution in [0, 0.1) is 0 Å². The Morgan fingerprint density at radius 1 is 1.35 bits per heavy atom. The predicted octanol–water partition coefficient (Wildman–Crippen LogP) is 1.32. The molecule has 1 saturated heterocycles. The van der Waals surface area contributed by atoms with E-state index < -0.39 is 5.91 Å².